The Morgan fingerprint density at radius 1 is 1.47 bits per heavy atom. The van der Waals surface area contributed by atoms with Crippen molar-refractivity contribution in [3.63, 3.8) is 0 Å². The van der Waals surface area contributed by atoms with Crippen LogP contribution in [0.4, 0.5) is 5.82 Å². The predicted octanol–water partition coefficient (Wildman–Crippen LogP) is 2.02. The number of aromatic nitrogens is 1. The number of nitrogens with one attached hydrogen (secondary N) is 1. The Morgan fingerprint density at radius 2 is 2.21 bits per heavy atom. The molecule has 0 radical (unpaired) electrons. The fraction of sp³-hybridized carbons (Fsp3) is 0.571. The number of nitrogens with zero attached hydrogens (tertiary/aromatic N) is 2. The second kappa shape index (κ2) is 6.02. The first-order chi connectivity index (χ1) is 9.13. The number of hydrogen-bond acceptors (Lipinski definition) is 4. The van der Waals surface area contributed by atoms with E-state index in [1.807, 2.05) is 11.9 Å². The number of rotatable bonds is 3. The number of anilines is 1. The van der Waals surface area contributed by atoms with E-state index in [-0.39, 0.29) is 5.91 Å². The van der Waals surface area contributed by atoms with Crippen LogP contribution in [0.15, 0.2) is 18.3 Å². The lowest BCUT2D eigenvalue weighted by Crippen LogP contribution is -2.42. The minimum Gasteiger partial charge on any atom is -0.338 e. The molecule has 0 bridgehead atoms. The van der Waals surface area contributed by atoms with Gasteiger partial charge in [-0.25, -0.2) is 10.8 Å². The van der Waals surface area contributed by atoms with Crippen LogP contribution in [0.3, 0.4) is 0 Å². The van der Waals surface area contributed by atoms with Gasteiger partial charge in [-0.3, -0.25) is 4.79 Å². The topological polar surface area (TPSA) is 71.2 Å². The minimum atomic E-state index is 0.0395. The van der Waals surface area contributed by atoms with E-state index in [1.165, 1.54) is 19.3 Å². The van der Waals surface area contributed by atoms with Gasteiger partial charge < -0.3 is 10.3 Å². The zero-order chi connectivity index (χ0) is 13.8. The molecular formula is C14H22N4O. The van der Waals surface area contributed by atoms with Gasteiger partial charge in [0, 0.05) is 24.8 Å². The summed E-state index contributed by atoms with van der Waals surface area (Å²) in [6, 6.07) is 3.75. The molecule has 0 aliphatic heterocycles. The Labute approximate surface area is 114 Å². The molecule has 1 aliphatic carbocycles. The van der Waals surface area contributed by atoms with Gasteiger partial charge in [0.05, 0.1) is 0 Å². The van der Waals surface area contributed by atoms with Crippen molar-refractivity contribution < 1.29 is 4.79 Å². The van der Waals surface area contributed by atoms with E-state index in [4.69, 9.17) is 5.84 Å². The average molecular weight is 262 g/mol. The van der Waals surface area contributed by atoms with E-state index < -0.39 is 0 Å². The van der Waals surface area contributed by atoms with E-state index >= 15 is 0 Å². The van der Waals surface area contributed by atoms with Crippen LogP contribution in [0.5, 0.6) is 0 Å². The maximum Gasteiger partial charge on any atom is 0.254 e. The molecule has 2 rings (SSSR count). The highest BCUT2D eigenvalue weighted by molar-refractivity contribution is 5.94. The van der Waals surface area contributed by atoms with Gasteiger partial charge in [0.15, 0.2) is 0 Å². The fourth-order valence-corrected chi connectivity index (χ4v) is 2.87. The van der Waals surface area contributed by atoms with Crippen molar-refractivity contribution in [2.24, 2.45) is 11.8 Å². The summed E-state index contributed by atoms with van der Waals surface area (Å²) in [5.74, 6) is 6.44. The van der Waals surface area contributed by atoms with Gasteiger partial charge in [0.25, 0.3) is 5.91 Å². The lowest BCUT2D eigenvalue weighted by Gasteiger charge is -2.36. The Hall–Kier alpha value is -1.62. The molecule has 5 nitrogen and oxygen atoms in total. The van der Waals surface area contributed by atoms with E-state index in [0.29, 0.717) is 23.3 Å². The number of hydrazine groups is 1. The van der Waals surface area contributed by atoms with Gasteiger partial charge >= 0.3 is 0 Å². The van der Waals surface area contributed by atoms with Gasteiger partial charge in [-0.2, -0.15) is 0 Å². The van der Waals surface area contributed by atoms with Crippen LogP contribution < -0.4 is 11.3 Å². The summed E-state index contributed by atoms with van der Waals surface area (Å²) in [6.45, 7) is 2.23. The molecule has 3 N–H and O–H groups in total. The summed E-state index contributed by atoms with van der Waals surface area (Å²) in [4.78, 5) is 18.4. The van der Waals surface area contributed by atoms with Gasteiger partial charge in [-0.15, -0.1) is 0 Å². The standard InChI is InChI=1S/C14H22N4O/c1-10-5-3-4-6-12(10)18(2)14(19)11-7-8-16-13(9-11)17-15/h7-10,12H,3-6,15H2,1-2H3,(H,16,17). The molecule has 19 heavy (non-hydrogen) atoms. The van der Waals surface area contributed by atoms with Crippen LogP contribution >= 0.6 is 0 Å². The quantitative estimate of drug-likeness (QED) is 0.646. The van der Waals surface area contributed by atoms with Crippen molar-refractivity contribution in [2.75, 3.05) is 12.5 Å². The molecule has 1 aromatic heterocycles. The Bertz CT molecular complexity index is 449. The fourth-order valence-electron chi connectivity index (χ4n) is 2.87. The molecule has 0 aromatic carbocycles. The van der Waals surface area contributed by atoms with Gasteiger partial charge in [0.2, 0.25) is 0 Å². The molecule has 104 valence electrons. The highest BCUT2D eigenvalue weighted by Crippen LogP contribution is 2.28. The molecule has 1 aromatic rings. The maximum atomic E-state index is 12.5. The van der Waals surface area contributed by atoms with Crippen LogP contribution in [0.1, 0.15) is 43.0 Å². The van der Waals surface area contributed by atoms with E-state index in [1.54, 1.807) is 18.3 Å². The predicted molar refractivity (Wildman–Crippen MR) is 75.6 cm³/mol. The minimum absolute atomic E-state index is 0.0395. The van der Waals surface area contributed by atoms with Crippen molar-refractivity contribution in [2.45, 2.75) is 38.6 Å². The summed E-state index contributed by atoms with van der Waals surface area (Å²) in [6.07, 6.45) is 6.38. The average Bonchev–Trinajstić information content (AvgIpc) is 2.46. The Kier molecular flexibility index (Phi) is 4.37. The smallest absolute Gasteiger partial charge is 0.254 e. The van der Waals surface area contributed by atoms with Crippen LogP contribution in [0.2, 0.25) is 0 Å². The monoisotopic (exact) mass is 262 g/mol. The molecule has 0 spiro atoms. The number of amides is 1. The molecular weight excluding hydrogens is 240 g/mol. The van der Waals surface area contributed by atoms with Gasteiger partial charge in [-0.05, 0) is 30.9 Å². The largest absolute Gasteiger partial charge is 0.338 e. The van der Waals surface area contributed by atoms with E-state index in [0.717, 1.165) is 6.42 Å². The molecule has 1 fully saturated rings. The van der Waals surface area contributed by atoms with Crippen LogP contribution in [0.25, 0.3) is 0 Å². The van der Waals surface area contributed by atoms with Crippen LogP contribution in [-0.2, 0) is 0 Å². The molecule has 5 heteroatoms. The first-order valence-electron chi connectivity index (χ1n) is 6.83. The second-order valence-electron chi connectivity index (χ2n) is 5.32. The summed E-state index contributed by atoms with van der Waals surface area (Å²) < 4.78 is 0. The SMILES string of the molecule is CC1CCCCC1N(C)C(=O)c1ccnc(NN)c1. The highest BCUT2D eigenvalue weighted by Gasteiger charge is 2.28. The molecule has 1 aliphatic rings. The van der Waals surface area contributed by atoms with Crippen molar-refractivity contribution in [3.05, 3.63) is 23.9 Å². The molecule has 2 atom stereocenters. The molecule has 1 heterocycles. The summed E-state index contributed by atoms with van der Waals surface area (Å²) in [5.41, 5.74) is 3.10. The Morgan fingerprint density at radius 3 is 2.89 bits per heavy atom. The highest BCUT2D eigenvalue weighted by atomic mass is 16.2. The van der Waals surface area contributed by atoms with Gasteiger partial charge in [0.1, 0.15) is 5.82 Å². The van der Waals surface area contributed by atoms with Gasteiger partial charge in [-0.1, -0.05) is 19.8 Å². The van der Waals surface area contributed by atoms with Crippen molar-refractivity contribution in [1.29, 1.82) is 0 Å². The first kappa shape index (κ1) is 13.8. The summed E-state index contributed by atoms with van der Waals surface area (Å²) in [5, 5.41) is 0. The Balaban J connectivity index is 2.13. The zero-order valence-electron chi connectivity index (χ0n) is 11.6. The zero-order valence-corrected chi connectivity index (χ0v) is 11.6. The van der Waals surface area contributed by atoms with Crippen molar-refractivity contribution in [1.82, 2.24) is 9.88 Å². The summed E-state index contributed by atoms with van der Waals surface area (Å²) >= 11 is 0. The molecule has 1 amide bonds. The normalized spacial score (nSPS) is 22.9. The third-order valence-corrected chi connectivity index (χ3v) is 4.04. The number of nitrogen functional groups attached to an aromatic ring is 1. The molecule has 1 saturated carbocycles. The number of carbonyl (C=O) groups excluding carboxylic acids is 1. The van der Waals surface area contributed by atoms with Crippen LogP contribution in [-0.4, -0.2) is 28.9 Å². The number of hydrogen-bond donors (Lipinski definition) is 2. The summed E-state index contributed by atoms with van der Waals surface area (Å²) in [7, 11) is 1.89. The lowest BCUT2D eigenvalue weighted by molar-refractivity contribution is 0.0629. The third kappa shape index (κ3) is 3.04. The van der Waals surface area contributed by atoms with E-state index in [9.17, 15) is 4.79 Å². The third-order valence-electron chi connectivity index (χ3n) is 4.04. The second-order valence-corrected chi connectivity index (χ2v) is 5.32. The number of pyridine rings is 1. The van der Waals surface area contributed by atoms with E-state index in [2.05, 4.69) is 17.3 Å². The molecule has 2 unspecified atom stereocenters. The molecule has 0 saturated heterocycles. The number of carbonyl (C=O) groups is 1. The maximum absolute atomic E-state index is 12.5. The number of nitrogens with two attached hydrogens (primary N) is 1. The van der Waals surface area contributed by atoms with Crippen LogP contribution in [0, 0.1) is 5.92 Å². The first-order valence-corrected chi connectivity index (χ1v) is 6.83. The van der Waals surface area contributed by atoms with Crippen molar-refractivity contribution in [3.8, 4) is 0 Å². The lowest BCUT2D eigenvalue weighted by atomic mass is 9.85. The van der Waals surface area contributed by atoms with Crippen molar-refractivity contribution >= 4 is 11.7 Å².